The normalized spacial score (nSPS) is 10.1. The first-order valence-electron chi connectivity index (χ1n) is 8.20. The van der Waals surface area contributed by atoms with Crippen LogP contribution in [-0.4, -0.2) is 24.3 Å². The van der Waals surface area contributed by atoms with Crippen LogP contribution in [0.3, 0.4) is 0 Å². The number of anilines is 2. The molecule has 0 bridgehead atoms. The van der Waals surface area contributed by atoms with Crippen LogP contribution in [0.5, 0.6) is 0 Å². The van der Waals surface area contributed by atoms with Gasteiger partial charge in [-0.1, -0.05) is 24.3 Å². The molecule has 2 aromatic carbocycles. The highest BCUT2D eigenvalue weighted by Crippen LogP contribution is 2.14. The lowest BCUT2D eigenvalue weighted by Crippen LogP contribution is -2.32. The molecule has 27 heavy (non-hydrogen) atoms. The molecule has 1 heterocycles. The van der Waals surface area contributed by atoms with Crippen LogP contribution in [0.4, 0.5) is 11.4 Å². The summed E-state index contributed by atoms with van der Waals surface area (Å²) in [5, 5.41) is 9.85. The summed E-state index contributed by atoms with van der Waals surface area (Å²) in [6.45, 7) is -0.134. The van der Waals surface area contributed by atoms with E-state index in [-0.39, 0.29) is 24.3 Å². The van der Waals surface area contributed by atoms with E-state index in [9.17, 15) is 14.4 Å². The van der Waals surface area contributed by atoms with Gasteiger partial charge in [0, 0.05) is 16.9 Å². The van der Waals surface area contributed by atoms with Gasteiger partial charge < -0.3 is 16.0 Å². The van der Waals surface area contributed by atoms with E-state index in [1.54, 1.807) is 48.5 Å². The number of thiophene rings is 1. The van der Waals surface area contributed by atoms with Gasteiger partial charge in [0.05, 0.1) is 11.4 Å². The second kappa shape index (κ2) is 8.77. The molecule has 0 spiro atoms. The molecule has 0 saturated heterocycles. The molecule has 0 unspecified atom stereocenters. The smallest absolute Gasteiger partial charge is 0.265 e. The highest BCUT2D eigenvalue weighted by molar-refractivity contribution is 7.12. The van der Waals surface area contributed by atoms with Gasteiger partial charge in [-0.05, 0) is 47.8 Å². The second-order valence-electron chi connectivity index (χ2n) is 5.61. The van der Waals surface area contributed by atoms with Crippen molar-refractivity contribution in [1.82, 2.24) is 5.32 Å². The van der Waals surface area contributed by atoms with Gasteiger partial charge in [-0.3, -0.25) is 14.4 Å². The Labute approximate surface area is 160 Å². The van der Waals surface area contributed by atoms with Crippen molar-refractivity contribution in [2.24, 2.45) is 0 Å². The third kappa shape index (κ3) is 5.26. The van der Waals surface area contributed by atoms with E-state index >= 15 is 0 Å². The van der Waals surface area contributed by atoms with E-state index in [2.05, 4.69) is 16.0 Å². The maximum absolute atomic E-state index is 12.1. The maximum Gasteiger partial charge on any atom is 0.265 e. The number of nitrogens with one attached hydrogen (secondary N) is 3. The minimum absolute atomic E-state index is 0.134. The maximum atomic E-state index is 12.1. The van der Waals surface area contributed by atoms with Gasteiger partial charge >= 0.3 is 0 Å². The molecule has 0 atom stereocenters. The number of benzene rings is 2. The van der Waals surface area contributed by atoms with Gasteiger partial charge in [-0.15, -0.1) is 11.3 Å². The molecule has 3 N–H and O–H groups in total. The summed E-state index contributed by atoms with van der Waals surface area (Å²) in [5.41, 5.74) is 1.66. The Morgan fingerprint density at radius 1 is 0.741 bits per heavy atom. The fourth-order valence-electron chi connectivity index (χ4n) is 2.29. The number of hydrogen-bond donors (Lipinski definition) is 3. The molecule has 0 fully saturated rings. The number of rotatable bonds is 6. The molecular formula is C20H17N3O3S. The van der Waals surface area contributed by atoms with Crippen LogP contribution in [0.15, 0.2) is 72.1 Å². The van der Waals surface area contributed by atoms with Gasteiger partial charge in [0.2, 0.25) is 5.91 Å². The van der Waals surface area contributed by atoms with Gasteiger partial charge in [0.15, 0.2) is 0 Å². The zero-order valence-corrected chi connectivity index (χ0v) is 15.1. The Hall–Kier alpha value is -3.45. The monoisotopic (exact) mass is 379 g/mol. The van der Waals surface area contributed by atoms with Crippen LogP contribution in [0.25, 0.3) is 0 Å². The van der Waals surface area contributed by atoms with Crippen molar-refractivity contribution in [3.63, 3.8) is 0 Å². The standard InChI is InChI=1S/C20H17N3O3S/c24-18(22-15-5-2-1-3-6-15)13-21-19(25)14-8-10-16(11-9-14)23-20(26)17-7-4-12-27-17/h1-12H,13H2,(H,21,25)(H,22,24)(H,23,26). The Morgan fingerprint density at radius 3 is 2.11 bits per heavy atom. The lowest BCUT2D eigenvalue weighted by molar-refractivity contribution is -0.115. The minimum atomic E-state index is -0.366. The first kappa shape index (κ1) is 18.3. The molecule has 7 heteroatoms. The number of para-hydroxylation sites is 1. The largest absolute Gasteiger partial charge is 0.343 e. The molecule has 136 valence electrons. The summed E-state index contributed by atoms with van der Waals surface area (Å²) < 4.78 is 0. The number of amides is 3. The summed E-state index contributed by atoms with van der Waals surface area (Å²) >= 11 is 1.35. The van der Waals surface area contributed by atoms with Crippen molar-refractivity contribution in [3.8, 4) is 0 Å². The van der Waals surface area contributed by atoms with E-state index < -0.39 is 0 Å². The topological polar surface area (TPSA) is 87.3 Å². The van der Waals surface area contributed by atoms with Crippen LogP contribution in [0.2, 0.25) is 0 Å². The summed E-state index contributed by atoms with van der Waals surface area (Å²) in [4.78, 5) is 36.6. The molecule has 6 nitrogen and oxygen atoms in total. The third-order valence-corrected chi connectivity index (χ3v) is 4.49. The van der Waals surface area contributed by atoms with Gasteiger partial charge in [-0.25, -0.2) is 0 Å². The summed E-state index contributed by atoms with van der Waals surface area (Å²) in [5.74, 6) is -0.872. The molecule has 1 aromatic heterocycles. The molecule has 3 rings (SSSR count). The highest BCUT2D eigenvalue weighted by atomic mass is 32.1. The van der Waals surface area contributed by atoms with Crippen LogP contribution >= 0.6 is 11.3 Å². The lowest BCUT2D eigenvalue weighted by atomic mass is 10.2. The number of carbonyl (C=O) groups excluding carboxylic acids is 3. The van der Waals surface area contributed by atoms with Crippen molar-refractivity contribution < 1.29 is 14.4 Å². The number of carbonyl (C=O) groups is 3. The summed E-state index contributed by atoms with van der Waals surface area (Å²) in [6, 6.07) is 19.0. The fourth-order valence-corrected chi connectivity index (χ4v) is 2.91. The van der Waals surface area contributed by atoms with Crippen molar-refractivity contribution in [2.45, 2.75) is 0 Å². The van der Waals surface area contributed by atoms with Gasteiger partial charge in [0.1, 0.15) is 0 Å². The number of hydrogen-bond acceptors (Lipinski definition) is 4. The van der Waals surface area contributed by atoms with E-state index in [0.717, 1.165) is 0 Å². The first-order valence-corrected chi connectivity index (χ1v) is 9.08. The Kier molecular flexibility index (Phi) is 5.96. The zero-order valence-electron chi connectivity index (χ0n) is 14.3. The van der Waals surface area contributed by atoms with Crippen molar-refractivity contribution in [1.29, 1.82) is 0 Å². The average molecular weight is 379 g/mol. The van der Waals surface area contributed by atoms with Crippen LogP contribution < -0.4 is 16.0 Å². The molecule has 0 aliphatic carbocycles. The quantitative estimate of drug-likeness (QED) is 0.614. The average Bonchev–Trinajstić information content (AvgIpc) is 3.22. The van der Waals surface area contributed by atoms with Crippen LogP contribution in [0.1, 0.15) is 20.0 Å². The van der Waals surface area contributed by atoms with Crippen LogP contribution in [0, 0.1) is 0 Å². The minimum Gasteiger partial charge on any atom is -0.343 e. The molecule has 0 aliphatic rings. The van der Waals surface area contributed by atoms with Crippen molar-refractivity contribution in [3.05, 3.63) is 82.6 Å². The first-order chi connectivity index (χ1) is 13.1. The van der Waals surface area contributed by atoms with E-state index in [1.807, 2.05) is 23.6 Å². The molecular weight excluding hydrogens is 362 g/mol. The summed E-state index contributed by atoms with van der Waals surface area (Å²) in [6.07, 6.45) is 0. The molecule has 0 saturated carbocycles. The molecule has 0 aliphatic heterocycles. The van der Waals surface area contributed by atoms with E-state index in [1.165, 1.54) is 11.3 Å². The lowest BCUT2D eigenvalue weighted by Gasteiger charge is -2.08. The predicted molar refractivity (Wildman–Crippen MR) is 106 cm³/mol. The molecule has 3 amide bonds. The second-order valence-corrected chi connectivity index (χ2v) is 6.55. The van der Waals surface area contributed by atoms with Crippen LogP contribution in [-0.2, 0) is 4.79 Å². The third-order valence-electron chi connectivity index (χ3n) is 3.62. The molecule has 0 radical (unpaired) electrons. The fraction of sp³-hybridized carbons (Fsp3) is 0.0500. The molecule has 3 aromatic rings. The van der Waals surface area contributed by atoms with Gasteiger partial charge in [-0.2, -0.15) is 0 Å². The SMILES string of the molecule is O=C(CNC(=O)c1ccc(NC(=O)c2cccs2)cc1)Nc1ccccc1. The van der Waals surface area contributed by atoms with E-state index in [0.29, 0.717) is 21.8 Å². The zero-order chi connectivity index (χ0) is 19.1. The summed E-state index contributed by atoms with van der Waals surface area (Å²) in [7, 11) is 0. The Bertz CT molecular complexity index is 923. The van der Waals surface area contributed by atoms with Crippen molar-refractivity contribution >= 4 is 40.4 Å². The van der Waals surface area contributed by atoms with E-state index in [4.69, 9.17) is 0 Å². The van der Waals surface area contributed by atoms with Gasteiger partial charge in [0.25, 0.3) is 11.8 Å². The van der Waals surface area contributed by atoms with Crippen molar-refractivity contribution in [2.75, 3.05) is 17.2 Å². The Morgan fingerprint density at radius 2 is 1.44 bits per heavy atom. The Balaban J connectivity index is 1.50. The predicted octanol–water partition coefficient (Wildman–Crippen LogP) is 3.37. The highest BCUT2D eigenvalue weighted by Gasteiger charge is 2.10.